The molecule has 1 amide bonds. The number of amides is 1. The van der Waals surface area contributed by atoms with E-state index in [0.717, 1.165) is 23.7 Å². The van der Waals surface area contributed by atoms with Gasteiger partial charge in [0, 0.05) is 23.1 Å². The van der Waals surface area contributed by atoms with Crippen LogP contribution in [0.2, 0.25) is 0 Å². The Bertz CT molecular complexity index is 476. The number of methoxy groups -OCH3 is 1. The Morgan fingerprint density at radius 2 is 2.00 bits per heavy atom. The first-order valence-corrected chi connectivity index (χ1v) is 7.99. The van der Waals surface area contributed by atoms with Crippen molar-refractivity contribution in [2.45, 2.75) is 32.6 Å². The molecule has 116 valence electrons. The van der Waals surface area contributed by atoms with Crippen LogP contribution in [0.25, 0.3) is 0 Å². The second kappa shape index (κ2) is 9.55. The first-order valence-electron chi connectivity index (χ1n) is 7.20. The van der Waals surface area contributed by atoms with Crippen molar-refractivity contribution in [1.82, 2.24) is 4.90 Å². The van der Waals surface area contributed by atoms with Gasteiger partial charge in [-0.1, -0.05) is 41.8 Å². The van der Waals surface area contributed by atoms with Crippen LogP contribution in [0.5, 0.6) is 0 Å². The van der Waals surface area contributed by atoms with Crippen LogP contribution in [-0.2, 0) is 9.53 Å². The van der Waals surface area contributed by atoms with Crippen molar-refractivity contribution in [1.29, 1.82) is 0 Å². The lowest BCUT2D eigenvalue weighted by atomic mass is 10.1. The molecule has 0 aliphatic carbocycles. The van der Waals surface area contributed by atoms with Crippen LogP contribution >= 0.6 is 15.9 Å². The lowest BCUT2D eigenvalue weighted by Gasteiger charge is -2.22. The number of hydrogen-bond donors (Lipinski definition) is 0. The molecule has 4 nitrogen and oxygen atoms in total. The molecular weight excluding hydrogens is 334 g/mol. The van der Waals surface area contributed by atoms with Crippen molar-refractivity contribution < 1.29 is 14.3 Å². The topological polar surface area (TPSA) is 46.6 Å². The highest BCUT2D eigenvalue weighted by Crippen LogP contribution is 2.14. The van der Waals surface area contributed by atoms with Gasteiger partial charge in [-0.05, 0) is 24.6 Å². The van der Waals surface area contributed by atoms with E-state index in [9.17, 15) is 9.59 Å². The van der Waals surface area contributed by atoms with Gasteiger partial charge >= 0.3 is 5.97 Å². The van der Waals surface area contributed by atoms with Crippen LogP contribution in [0.1, 0.15) is 43.0 Å². The normalized spacial score (nSPS) is 10.2. The molecule has 0 aromatic heterocycles. The van der Waals surface area contributed by atoms with Crippen LogP contribution < -0.4 is 0 Å². The first-order chi connectivity index (χ1) is 10.1. The Morgan fingerprint density at radius 1 is 1.24 bits per heavy atom. The number of benzene rings is 1. The lowest BCUT2D eigenvalue weighted by molar-refractivity contribution is -0.140. The molecular formula is C16H22BrNO3. The van der Waals surface area contributed by atoms with E-state index in [-0.39, 0.29) is 18.3 Å². The summed E-state index contributed by atoms with van der Waals surface area (Å²) in [7, 11) is 1.36. The predicted molar refractivity (Wildman–Crippen MR) is 86.2 cm³/mol. The van der Waals surface area contributed by atoms with Crippen LogP contribution in [0.4, 0.5) is 0 Å². The molecule has 0 N–H and O–H groups in total. The van der Waals surface area contributed by atoms with Crippen LogP contribution in [0, 0.1) is 0 Å². The van der Waals surface area contributed by atoms with Gasteiger partial charge in [-0.2, -0.15) is 0 Å². The van der Waals surface area contributed by atoms with Crippen molar-refractivity contribution in [2.24, 2.45) is 0 Å². The fourth-order valence-electron chi connectivity index (χ4n) is 2.00. The molecule has 21 heavy (non-hydrogen) atoms. The molecule has 1 rings (SSSR count). The summed E-state index contributed by atoms with van der Waals surface area (Å²) in [6.45, 7) is 3.17. The summed E-state index contributed by atoms with van der Waals surface area (Å²) in [4.78, 5) is 25.6. The van der Waals surface area contributed by atoms with Gasteiger partial charge in [-0.3, -0.25) is 9.59 Å². The fourth-order valence-corrected chi connectivity index (χ4v) is 2.40. The van der Waals surface area contributed by atoms with Crippen molar-refractivity contribution in [3.63, 3.8) is 0 Å². The number of unbranched alkanes of at least 4 members (excludes halogenated alkanes) is 2. The maximum absolute atomic E-state index is 12.5. The van der Waals surface area contributed by atoms with Crippen molar-refractivity contribution in [3.05, 3.63) is 34.3 Å². The summed E-state index contributed by atoms with van der Waals surface area (Å²) in [5.41, 5.74) is 0.630. The predicted octanol–water partition coefficient (Wildman–Crippen LogP) is 3.64. The Kier molecular flexibility index (Phi) is 8.05. The van der Waals surface area contributed by atoms with Gasteiger partial charge < -0.3 is 9.64 Å². The number of halogens is 1. The highest BCUT2D eigenvalue weighted by molar-refractivity contribution is 9.10. The third-order valence-corrected chi connectivity index (χ3v) is 3.70. The zero-order valence-corrected chi connectivity index (χ0v) is 14.2. The van der Waals surface area contributed by atoms with Gasteiger partial charge in [-0.15, -0.1) is 0 Å². The van der Waals surface area contributed by atoms with E-state index < -0.39 is 0 Å². The molecule has 1 aromatic carbocycles. The molecule has 0 atom stereocenters. The number of esters is 1. The summed E-state index contributed by atoms with van der Waals surface area (Å²) in [5.74, 6) is -0.339. The number of rotatable bonds is 8. The summed E-state index contributed by atoms with van der Waals surface area (Å²) >= 11 is 3.37. The molecule has 0 saturated carbocycles. The molecule has 0 unspecified atom stereocenters. The number of carbonyl (C=O) groups is 2. The number of nitrogens with zero attached hydrogens (tertiary/aromatic N) is 1. The minimum atomic E-state index is -0.294. The van der Waals surface area contributed by atoms with Gasteiger partial charge in [0.15, 0.2) is 0 Å². The van der Waals surface area contributed by atoms with E-state index in [1.165, 1.54) is 7.11 Å². The zero-order chi connectivity index (χ0) is 15.7. The fraction of sp³-hybridized carbons (Fsp3) is 0.500. The average molecular weight is 356 g/mol. The van der Waals surface area contributed by atoms with Crippen LogP contribution in [0.3, 0.4) is 0 Å². The zero-order valence-electron chi connectivity index (χ0n) is 12.6. The highest BCUT2D eigenvalue weighted by atomic mass is 79.9. The van der Waals surface area contributed by atoms with Crippen molar-refractivity contribution in [3.8, 4) is 0 Å². The Labute approximate surface area is 134 Å². The number of ether oxygens (including phenoxy) is 1. The largest absolute Gasteiger partial charge is 0.469 e. The van der Waals surface area contributed by atoms with Crippen molar-refractivity contribution >= 4 is 27.8 Å². The van der Waals surface area contributed by atoms with Crippen LogP contribution in [-0.4, -0.2) is 37.0 Å². The van der Waals surface area contributed by atoms with E-state index >= 15 is 0 Å². The average Bonchev–Trinajstić information content (AvgIpc) is 2.49. The molecule has 0 heterocycles. The number of hydrogen-bond acceptors (Lipinski definition) is 3. The molecule has 5 heteroatoms. The molecule has 0 fully saturated rings. The van der Waals surface area contributed by atoms with Crippen molar-refractivity contribution in [2.75, 3.05) is 20.2 Å². The molecule has 0 spiro atoms. The van der Waals surface area contributed by atoms with Gasteiger partial charge in [0.05, 0.1) is 13.5 Å². The monoisotopic (exact) mass is 355 g/mol. The SMILES string of the molecule is CCCCCN(CCC(=O)OC)C(=O)c1cccc(Br)c1. The van der Waals surface area contributed by atoms with Gasteiger partial charge in [0.2, 0.25) is 0 Å². The van der Waals surface area contributed by atoms with Gasteiger partial charge in [-0.25, -0.2) is 0 Å². The first kappa shape index (κ1) is 17.7. The summed E-state index contributed by atoms with van der Waals surface area (Å²) in [6, 6.07) is 7.31. The Hall–Kier alpha value is -1.36. The van der Waals surface area contributed by atoms with E-state index in [2.05, 4.69) is 27.6 Å². The lowest BCUT2D eigenvalue weighted by Crippen LogP contribution is -2.34. The van der Waals surface area contributed by atoms with Gasteiger partial charge in [0.25, 0.3) is 5.91 Å². The van der Waals surface area contributed by atoms with E-state index in [4.69, 9.17) is 0 Å². The molecule has 0 bridgehead atoms. The second-order valence-electron chi connectivity index (χ2n) is 4.84. The molecule has 0 radical (unpaired) electrons. The minimum Gasteiger partial charge on any atom is -0.469 e. The van der Waals surface area contributed by atoms with E-state index in [1.807, 2.05) is 12.1 Å². The maximum Gasteiger partial charge on any atom is 0.307 e. The quantitative estimate of drug-likeness (QED) is 0.528. The highest BCUT2D eigenvalue weighted by Gasteiger charge is 2.17. The maximum atomic E-state index is 12.5. The summed E-state index contributed by atoms with van der Waals surface area (Å²) in [5, 5.41) is 0. The molecule has 0 aliphatic heterocycles. The summed E-state index contributed by atoms with van der Waals surface area (Å²) in [6.07, 6.45) is 3.33. The number of carbonyl (C=O) groups excluding carboxylic acids is 2. The smallest absolute Gasteiger partial charge is 0.307 e. The van der Waals surface area contributed by atoms with E-state index in [0.29, 0.717) is 18.7 Å². The molecule has 0 aliphatic rings. The minimum absolute atomic E-state index is 0.0451. The Morgan fingerprint density at radius 3 is 2.62 bits per heavy atom. The third kappa shape index (κ3) is 6.29. The van der Waals surface area contributed by atoms with Crippen LogP contribution in [0.15, 0.2) is 28.7 Å². The molecule has 1 aromatic rings. The third-order valence-electron chi connectivity index (χ3n) is 3.20. The standard InChI is InChI=1S/C16H22BrNO3/c1-3-4-5-10-18(11-9-15(19)21-2)16(20)13-7-6-8-14(17)12-13/h6-8,12H,3-5,9-11H2,1-2H3. The summed E-state index contributed by atoms with van der Waals surface area (Å²) < 4.78 is 5.52. The molecule has 0 saturated heterocycles. The van der Waals surface area contributed by atoms with E-state index in [1.54, 1.807) is 17.0 Å². The van der Waals surface area contributed by atoms with Gasteiger partial charge in [0.1, 0.15) is 0 Å². The second-order valence-corrected chi connectivity index (χ2v) is 5.75. The Balaban J connectivity index is 2.73.